The first-order valence-electron chi connectivity index (χ1n) is 5.40. The molecule has 0 atom stereocenters. The van der Waals surface area contributed by atoms with Crippen LogP contribution in [0.3, 0.4) is 0 Å². The summed E-state index contributed by atoms with van der Waals surface area (Å²) in [5.41, 5.74) is 0.894. The number of carbonyl (C=O) groups is 2. The highest BCUT2D eigenvalue weighted by Crippen LogP contribution is 2.09. The van der Waals surface area contributed by atoms with Crippen LogP contribution in [0.25, 0.3) is 0 Å². The van der Waals surface area contributed by atoms with Crippen LogP contribution >= 0.6 is 0 Å². The van der Waals surface area contributed by atoms with Crippen molar-refractivity contribution < 1.29 is 14.3 Å². The van der Waals surface area contributed by atoms with E-state index in [0.717, 1.165) is 6.29 Å². The Morgan fingerprint density at radius 3 is 2.35 bits per heavy atom. The molecule has 0 saturated heterocycles. The SMILES string of the molecule is CC(C)(C)OCC(=O)Nc1ccc(C=O)cc1. The normalized spacial score (nSPS) is 11.0. The van der Waals surface area contributed by atoms with Gasteiger partial charge in [-0.05, 0) is 45.0 Å². The second-order valence-corrected chi connectivity index (χ2v) is 4.69. The molecule has 1 amide bonds. The van der Waals surface area contributed by atoms with E-state index in [0.29, 0.717) is 11.3 Å². The molecule has 0 unspecified atom stereocenters. The Balaban J connectivity index is 2.47. The Kier molecular flexibility index (Phi) is 4.40. The van der Waals surface area contributed by atoms with Crippen LogP contribution < -0.4 is 5.32 Å². The summed E-state index contributed by atoms with van der Waals surface area (Å²) in [7, 11) is 0. The van der Waals surface area contributed by atoms with Gasteiger partial charge >= 0.3 is 0 Å². The molecule has 4 nitrogen and oxygen atoms in total. The molecular formula is C13H17NO3. The number of rotatable bonds is 4. The lowest BCUT2D eigenvalue weighted by molar-refractivity contribution is -0.125. The molecular weight excluding hydrogens is 218 g/mol. The van der Waals surface area contributed by atoms with E-state index in [-0.39, 0.29) is 18.1 Å². The third-order valence-electron chi connectivity index (χ3n) is 1.97. The summed E-state index contributed by atoms with van der Waals surface area (Å²) in [6, 6.07) is 6.65. The summed E-state index contributed by atoms with van der Waals surface area (Å²) >= 11 is 0. The minimum Gasteiger partial charge on any atom is -0.366 e. The van der Waals surface area contributed by atoms with Crippen LogP contribution in [0, 0.1) is 0 Å². The van der Waals surface area contributed by atoms with E-state index in [4.69, 9.17) is 4.74 Å². The number of benzene rings is 1. The van der Waals surface area contributed by atoms with E-state index in [1.165, 1.54) is 0 Å². The molecule has 0 aromatic heterocycles. The molecule has 1 aromatic rings. The van der Waals surface area contributed by atoms with E-state index in [2.05, 4.69) is 5.32 Å². The van der Waals surface area contributed by atoms with Crippen LogP contribution in [0.2, 0.25) is 0 Å². The zero-order valence-electron chi connectivity index (χ0n) is 10.3. The Hall–Kier alpha value is -1.68. The van der Waals surface area contributed by atoms with E-state index in [1.54, 1.807) is 24.3 Å². The first kappa shape index (κ1) is 13.4. The largest absolute Gasteiger partial charge is 0.366 e. The van der Waals surface area contributed by atoms with Crippen LogP contribution in [0.1, 0.15) is 31.1 Å². The monoisotopic (exact) mass is 235 g/mol. The standard InChI is InChI=1S/C13H17NO3/c1-13(2,3)17-9-12(16)14-11-6-4-10(8-15)5-7-11/h4-8H,9H2,1-3H3,(H,14,16). The molecule has 0 heterocycles. The predicted molar refractivity (Wildman–Crippen MR) is 66.2 cm³/mol. The molecule has 0 spiro atoms. The molecule has 1 aromatic carbocycles. The van der Waals surface area contributed by atoms with E-state index in [1.807, 2.05) is 20.8 Å². The maximum absolute atomic E-state index is 11.5. The van der Waals surface area contributed by atoms with Gasteiger partial charge in [-0.3, -0.25) is 9.59 Å². The third-order valence-corrected chi connectivity index (χ3v) is 1.97. The van der Waals surface area contributed by atoms with Gasteiger partial charge in [0.2, 0.25) is 5.91 Å². The highest BCUT2D eigenvalue weighted by molar-refractivity contribution is 5.92. The Bertz CT molecular complexity index is 390. The van der Waals surface area contributed by atoms with E-state index < -0.39 is 0 Å². The van der Waals surface area contributed by atoms with Crippen molar-refractivity contribution in [3.8, 4) is 0 Å². The molecule has 4 heteroatoms. The lowest BCUT2D eigenvalue weighted by Crippen LogP contribution is -2.27. The number of ether oxygens (including phenoxy) is 1. The molecule has 0 fully saturated rings. The van der Waals surface area contributed by atoms with Gasteiger partial charge in [-0.25, -0.2) is 0 Å². The van der Waals surface area contributed by atoms with Crippen molar-refractivity contribution in [3.63, 3.8) is 0 Å². The summed E-state index contributed by atoms with van der Waals surface area (Å²) in [4.78, 5) is 22.0. The first-order valence-corrected chi connectivity index (χ1v) is 5.40. The number of carbonyl (C=O) groups excluding carboxylic acids is 2. The fourth-order valence-corrected chi connectivity index (χ4v) is 1.12. The number of nitrogens with one attached hydrogen (secondary N) is 1. The first-order chi connectivity index (χ1) is 7.90. The van der Waals surface area contributed by atoms with Gasteiger partial charge in [0.05, 0.1) is 5.60 Å². The van der Waals surface area contributed by atoms with Gasteiger partial charge in [0, 0.05) is 11.3 Å². The predicted octanol–water partition coefficient (Wildman–Crippen LogP) is 2.25. The zero-order valence-corrected chi connectivity index (χ0v) is 10.3. The van der Waals surface area contributed by atoms with Gasteiger partial charge in [-0.2, -0.15) is 0 Å². The van der Waals surface area contributed by atoms with Crippen molar-refractivity contribution >= 4 is 17.9 Å². The molecule has 0 radical (unpaired) electrons. The summed E-state index contributed by atoms with van der Waals surface area (Å²) in [6.45, 7) is 5.68. The van der Waals surface area contributed by atoms with Gasteiger partial charge in [-0.15, -0.1) is 0 Å². The van der Waals surface area contributed by atoms with Crippen molar-refractivity contribution in [2.45, 2.75) is 26.4 Å². The average Bonchev–Trinajstić information content (AvgIpc) is 2.27. The molecule has 1 N–H and O–H groups in total. The van der Waals surface area contributed by atoms with Gasteiger partial charge in [-0.1, -0.05) is 0 Å². The highest BCUT2D eigenvalue weighted by Gasteiger charge is 2.12. The van der Waals surface area contributed by atoms with E-state index in [9.17, 15) is 9.59 Å². The number of amides is 1. The maximum Gasteiger partial charge on any atom is 0.250 e. The van der Waals surface area contributed by atoms with Gasteiger partial charge in [0.1, 0.15) is 12.9 Å². The third kappa shape index (κ3) is 5.26. The summed E-state index contributed by atoms with van der Waals surface area (Å²) in [5.74, 6) is -0.209. The number of hydrogen-bond donors (Lipinski definition) is 1. The van der Waals surface area contributed by atoms with Crippen molar-refractivity contribution in [2.75, 3.05) is 11.9 Å². The fourth-order valence-electron chi connectivity index (χ4n) is 1.12. The van der Waals surface area contributed by atoms with Gasteiger partial charge < -0.3 is 10.1 Å². The van der Waals surface area contributed by atoms with Crippen LogP contribution in [-0.2, 0) is 9.53 Å². The lowest BCUT2D eigenvalue weighted by Gasteiger charge is -2.18. The van der Waals surface area contributed by atoms with Crippen molar-refractivity contribution in [2.24, 2.45) is 0 Å². The average molecular weight is 235 g/mol. The summed E-state index contributed by atoms with van der Waals surface area (Å²) in [5, 5.41) is 2.69. The van der Waals surface area contributed by atoms with Crippen molar-refractivity contribution in [1.82, 2.24) is 0 Å². The zero-order chi connectivity index (χ0) is 12.9. The van der Waals surface area contributed by atoms with Crippen LogP contribution in [0.5, 0.6) is 0 Å². The Labute approximate surface area is 101 Å². The number of hydrogen-bond acceptors (Lipinski definition) is 3. The maximum atomic E-state index is 11.5. The van der Waals surface area contributed by atoms with Gasteiger partial charge in [0.25, 0.3) is 0 Å². The molecule has 92 valence electrons. The molecule has 1 rings (SSSR count). The van der Waals surface area contributed by atoms with Gasteiger partial charge in [0.15, 0.2) is 0 Å². The van der Waals surface area contributed by atoms with Crippen LogP contribution in [0.4, 0.5) is 5.69 Å². The van der Waals surface area contributed by atoms with E-state index >= 15 is 0 Å². The molecule has 0 bridgehead atoms. The molecule has 0 aliphatic carbocycles. The molecule has 17 heavy (non-hydrogen) atoms. The minimum atomic E-state index is -0.335. The minimum absolute atomic E-state index is 0.0128. The molecule has 0 aliphatic heterocycles. The quantitative estimate of drug-likeness (QED) is 0.814. The summed E-state index contributed by atoms with van der Waals surface area (Å²) < 4.78 is 5.34. The van der Waals surface area contributed by atoms with Crippen LogP contribution in [0.15, 0.2) is 24.3 Å². The Morgan fingerprint density at radius 2 is 1.88 bits per heavy atom. The summed E-state index contributed by atoms with van der Waals surface area (Å²) in [6.07, 6.45) is 0.758. The topological polar surface area (TPSA) is 55.4 Å². The second-order valence-electron chi connectivity index (χ2n) is 4.69. The van der Waals surface area contributed by atoms with Crippen molar-refractivity contribution in [1.29, 1.82) is 0 Å². The van der Waals surface area contributed by atoms with Crippen molar-refractivity contribution in [3.05, 3.63) is 29.8 Å². The second kappa shape index (κ2) is 5.59. The molecule has 0 aliphatic rings. The molecule has 0 saturated carbocycles. The number of anilines is 1. The smallest absolute Gasteiger partial charge is 0.250 e. The number of aldehydes is 1. The lowest BCUT2D eigenvalue weighted by atomic mass is 10.2. The van der Waals surface area contributed by atoms with Crippen LogP contribution in [-0.4, -0.2) is 24.4 Å². The highest BCUT2D eigenvalue weighted by atomic mass is 16.5. The fraction of sp³-hybridized carbons (Fsp3) is 0.385. The Morgan fingerprint density at radius 1 is 1.29 bits per heavy atom.